The third-order valence-electron chi connectivity index (χ3n) is 4.13. The Balaban J connectivity index is 2.77. The standard InChI is InChI=1S/C16H12O4S2/c1-5-6(2)10(18)14-13(9(5)17)21-15-11(19)7(3)8(4)12(20)16(15)22-14/h1-4H3. The highest BCUT2D eigenvalue weighted by Crippen LogP contribution is 2.27. The van der Waals surface area contributed by atoms with E-state index in [4.69, 9.17) is 0 Å². The lowest BCUT2D eigenvalue weighted by Crippen LogP contribution is -2.20. The Hall–Kier alpha value is -1.92. The predicted molar refractivity (Wildman–Crippen MR) is 92.4 cm³/mol. The number of rotatable bonds is 0. The van der Waals surface area contributed by atoms with Crippen molar-refractivity contribution in [2.24, 2.45) is 0 Å². The second-order valence-corrected chi connectivity index (χ2v) is 7.38. The van der Waals surface area contributed by atoms with Crippen LogP contribution in [0.25, 0.3) is 18.8 Å². The normalized spacial score (nSPS) is 11.5. The van der Waals surface area contributed by atoms with E-state index in [1.54, 1.807) is 27.7 Å². The van der Waals surface area contributed by atoms with Gasteiger partial charge in [0, 0.05) is 22.3 Å². The summed E-state index contributed by atoms with van der Waals surface area (Å²) in [7, 11) is 0. The van der Waals surface area contributed by atoms with E-state index in [2.05, 4.69) is 0 Å². The Morgan fingerprint density at radius 2 is 0.636 bits per heavy atom. The summed E-state index contributed by atoms with van der Waals surface area (Å²) in [5.41, 5.74) is 0.664. The third kappa shape index (κ3) is 1.80. The van der Waals surface area contributed by atoms with Crippen LogP contribution >= 0.6 is 22.7 Å². The molecule has 3 aromatic rings. The van der Waals surface area contributed by atoms with Crippen LogP contribution in [-0.2, 0) is 0 Å². The summed E-state index contributed by atoms with van der Waals surface area (Å²) in [5, 5.41) is 0. The number of fused-ring (bicyclic) bond motifs is 2. The van der Waals surface area contributed by atoms with Gasteiger partial charge in [-0.25, -0.2) is 0 Å². The Kier molecular flexibility index (Phi) is 3.27. The van der Waals surface area contributed by atoms with E-state index in [1.165, 1.54) is 0 Å². The topological polar surface area (TPSA) is 68.3 Å². The van der Waals surface area contributed by atoms with Gasteiger partial charge in [0.15, 0.2) is 0 Å². The van der Waals surface area contributed by atoms with Gasteiger partial charge in [-0.3, -0.25) is 19.2 Å². The molecule has 0 amide bonds. The molecule has 0 unspecified atom stereocenters. The zero-order chi connectivity index (χ0) is 16.3. The highest BCUT2D eigenvalue weighted by molar-refractivity contribution is 7.36. The summed E-state index contributed by atoms with van der Waals surface area (Å²) in [4.78, 5) is 49.6. The molecular weight excluding hydrogens is 320 g/mol. The van der Waals surface area contributed by atoms with Gasteiger partial charge >= 0.3 is 0 Å². The van der Waals surface area contributed by atoms with E-state index >= 15 is 0 Å². The number of hydrogen-bond donors (Lipinski definition) is 0. The minimum absolute atomic E-state index is 0.236. The lowest BCUT2D eigenvalue weighted by Gasteiger charge is -2.04. The molecule has 1 aromatic heterocycles. The molecule has 0 saturated carbocycles. The molecule has 0 spiro atoms. The average Bonchev–Trinajstić information content (AvgIpc) is 2.52. The smallest absolute Gasteiger partial charge is 0.200 e. The van der Waals surface area contributed by atoms with Gasteiger partial charge in [-0.15, -0.1) is 22.7 Å². The maximum Gasteiger partial charge on any atom is 0.200 e. The molecule has 112 valence electrons. The van der Waals surface area contributed by atoms with Crippen molar-refractivity contribution < 1.29 is 0 Å². The molecule has 0 radical (unpaired) electrons. The molecule has 0 atom stereocenters. The van der Waals surface area contributed by atoms with Gasteiger partial charge in [0.05, 0.1) is 18.8 Å². The summed E-state index contributed by atoms with van der Waals surface area (Å²) < 4.78 is 1.08. The largest absolute Gasteiger partial charge is 0.288 e. The molecule has 2 aromatic carbocycles. The van der Waals surface area contributed by atoms with E-state index in [-0.39, 0.29) is 40.5 Å². The van der Waals surface area contributed by atoms with Crippen molar-refractivity contribution in [3.8, 4) is 0 Å². The maximum atomic E-state index is 12.4. The quantitative estimate of drug-likeness (QED) is 0.592. The highest BCUT2D eigenvalue weighted by atomic mass is 32.1. The van der Waals surface area contributed by atoms with E-state index in [0.29, 0.717) is 22.3 Å². The molecule has 4 nitrogen and oxygen atoms in total. The van der Waals surface area contributed by atoms with Crippen molar-refractivity contribution in [1.29, 1.82) is 0 Å². The SMILES string of the molecule is Cc1c(C)c(=O)c2sc3c(=O)c(C)c(C)c(=O)c3sc2c1=O. The Labute approximate surface area is 132 Å². The van der Waals surface area contributed by atoms with E-state index in [1.807, 2.05) is 0 Å². The zero-order valence-corrected chi connectivity index (χ0v) is 14.1. The average molecular weight is 332 g/mol. The molecule has 0 aliphatic carbocycles. The van der Waals surface area contributed by atoms with Crippen LogP contribution in [0, 0.1) is 27.7 Å². The van der Waals surface area contributed by atoms with Gasteiger partial charge in [0.1, 0.15) is 0 Å². The van der Waals surface area contributed by atoms with Gasteiger partial charge < -0.3 is 0 Å². The highest BCUT2D eigenvalue weighted by Gasteiger charge is 2.18. The fourth-order valence-electron chi connectivity index (χ4n) is 2.35. The second kappa shape index (κ2) is 4.79. The van der Waals surface area contributed by atoms with Crippen molar-refractivity contribution in [2.45, 2.75) is 27.7 Å². The first-order valence-electron chi connectivity index (χ1n) is 6.63. The molecule has 0 saturated heterocycles. The minimum atomic E-state index is -0.236. The molecule has 1 heterocycles. The zero-order valence-electron chi connectivity index (χ0n) is 12.4. The van der Waals surface area contributed by atoms with Crippen LogP contribution in [0.1, 0.15) is 22.3 Å². The molecular formula is C16H12O4S2. The molecule has 0 aliphatic rings. The lowest BCUT2D eigenvalue weighted by atomic mass is 10.1. The molecule has 22 heavy (non-hydrogen) atoms. The monoisotopic (exact) mass is 332 g/mol. The Morgan fingerprint density at radius 3 is 0.818 bits per heavy atom. The minimum Gasteiger partial charge on any atom is -0.288 e. The Bertz CT molecular complexity index is 1000. The Morgan fingerprint density at radius 1 is 0.455 bits per heavy atom. The van der Waals surface area contributed by atoms with Crippen molar-refractivity contribution >= 4 is 41.5 Å². The van der Waals surface area contributed by atoms with Crippen LogP contribution < -0.4 is 21.7 Å². The number of benzene rings is 2. The van der Waals surface area contributed by atoms with Gasteiger partial charge in [0.2, 0.25) is 21.7 Å². The summed E-state index contributed by atoms with van der Waals surface area (Å²) >= 11 is 1.93. The second-order valence-electron chi connectivity index (χ2n) is 5.34. The van der Waals surface area contributed by atoms with Crippen LogP contribution in [0.3, 0.4) is 0 Å². The molecule has 0 bridgehead atoms. The van der Waals surface area contributed by atoms with Crippen molar-refractivity contribution in [2.75, 3.05) is 0 Å². The van der Waals surface area contributed by atoms with Crippen LogP contribution in [0.15, 0.2) is 19.2 Å². The fraction of sp³-hybridized carbons (Fsp3) is 0.250. The molecule has 3 rings (SSSR count). The van der Waals surface area contributed by atoms with Crippen molar-refractivity contribution in [1.82, 2.24) is 0 Å². The molecule has 0 fully saturated rings. The van der Waals surface area contributed by atoms with E-state index in [0.717, 1.165) is 22.7 Å². The first-order valence-corrected chi connectivity index (χ1v) is 8.27. The van der Waals surface area contributed by atoms with E-state index in [9.17, 15) is 19.2 Å². The van der Waals surface area contributed by atoms with E-state index < -0.39 is 0 Å². The van der Waals surface area contributed by atoms with Crippen molar-refractivity contribution in [3.05, 3.63) is 63.1 Å². The van der Waals surface area contributed by atoms with Gasteiger partial charge in [-0.05, 0) is 27.7 Å². The third-order valence-corrected chi connectivity index (χ3v) is 6.77. The summed E-state index contributed by atoms with van der Waals surface area (Å²) in [5.74, 6) is 0. The van der Waals surface area contributed by atoms with Crippen LogP contribution in [0.4, 0.5) is 0 Å². The summed E-state index contributed by atoms with van der Waals surface area (Å²) in [6.07, 6.45) is 0. The van der Waals surface area contributed by atoms with Crippen molar-refractivity contribution in [3.63, 3.8) is 0 Å². The fourth-order valence-corrected chi connectivity index (χ4v) is 4.98. The first kappa shape index (κ1) is 15.0. The van der Waals surface area contributed by atoms with Gasteiger partial charge in [0.25, 0.3) is 0 Å². The summed E-state index contributed by atoms with van der Waals surface area (Å²) in [6.45, 7) is 6.43. The predicted octanol–water partition coefficient (Wildman–Crippen LogP) is 2.23. The number of hydrogen-bond acceptors (Lipinski definition) is 6. The van der Waals surface area contributed by atoms with Gasteiger partial charge in [-0.2, -0.15) is 0 Å². The van der Waals surface area contributed by atoms with Crippen LogP contribution in [0.5, 0.6) is 0 Å². The van der Waals surface area contributed by atoms with Crippen LogP contribution in [0.2, 0.25) is 0 Å². The molecule has 0 aliphatic heterocycles. The first-order chi connectivity index (χ1) is 10.3. The summed E-state index contributed by atoms with van der Waals surface area (Å²) in [6, 6.07) is 0. The van der Waals surface area contributed by atoms with Crippen LogP contribution in [-0.4, -0.2) is 0 Å². The molecule has 0 N–H and O–H groups in total. The maximum absolute atomic E-state index is 12.4. The lowest BCUT2D eigenvalue weighted by molar-refractivity contribution is 1.30. The van der Waals surface area contributed by atoms with Gasteiger partial charge in [-0.1, -0.05) is 0 Å². The molecule has 6 heteroatoms.